The van der Waals surface area contributed by atoms with Gasteiger partial charge in [0.15, 0.2) is 0 Å². The average molecular weight is 398 g/mol. The molecule has 2 atom stereocenters. The summed E-state index contributed by atoms with van der Waals surface area (Å²) in [7, 11) is 0. The van der Waals surface area contributed by atoms with Crippen LogP contribution in [0.5, 0.6) is 0 Å². The van der Waals surface area contributed by atoms with Crippen molar-refractivity contribution in [2.75, 3.05) is 0 Å². The summed E-state index contributed by atoms with van der Waals surface area (Å²) in [6, 6.07) is -0.756. The molecule has 2 N–H and O–H groups in total. The van der Waals surface area contributed by atoms with Crippen LogP contribution in [0.1, 0.15) is 130 Å². The summed E-state index contributed by atoms with van der Waals surface area (Å²) in [5, 5.41) is 11.9. The van der Waals surface area contributed by atoms with E-state index >= 15 is 0 Å². The number of nitrogens with one attached hydrogen (secondary N) is 1. The van der Waals surface area contributed by atoms with E-state index in [1.165, 1.54) is 83.5 Å². The standard InChI is InChI=1S/C24H47NO3/c1-4-6-7-8-9-10-11-12-13-14-15-16-17-18-19-20-22(26)25-23(24(27)28)21(3)5-2/h21,23H,4-20H2,1-3H3,(H,25,26)(H,27,28)/t21-,23-/m1/s1. The van der Waals surface area contributed by atoms with Crippen LogP contribution in [0, 0.1) is 5.92 Å². The van der Waals surface area contributed by atoms with Gasteiger partial charge in [-0.05, 0) is 12.3 Å². The Balaban J connectivity index is 3.43. The maximum absolute atomic E-state index is 11.9. The van der Waals surface area contributed by atoms with E-state index in [1.807, 2.05) is 13.8 Å². The molecule has 0 radical (unpaired) electrons. The number of carbonyl (C=O) groups excluding carboxylic acids is 1. The van der Waals surface area contributed by atoms with Gasteiger partial charge in [0, 0.05) is 6.42 Å². The van der Waals surface area contributed by atoms with E-state index in [0.717, 1.165) is 19.3 Å². The van der Waals surface area contributed by atoms with Gasteiger partial charge in [0.25, 0.3) is 0 Å². The lowest BCUT2D eigenvalue weighted by molar-refractivity contribution is -0.143. The summed E-state index contributed by atoms with van der Waals surface area (Å²) >= 11 is 0. The molecule has 0 heterocycles. The van der Waals surface area contributed by atoms with Gasteiger partial charge in [0.1, 0.15) is 6.04 Å². The van der Waals surface area contributed by atoms with Crippen LogP contribution in [0.4, 0.5) is 0 Å². The van der Waals surface area contributed by atoms with E-state index in [-0.39, 0.29) is 11.8 Å². The van der Waals surface area contributed by atoms with Crippen LogP contribution < -0.4 is 5.32 Å². The Kier molecular flexibility index (Phi) is 18.5. The summed E-state index contributed by atoms with van der Waals surface area (Å²) < 4.78 is 0. The molecular weight excluding hydrogens is 350 g/mol. The van der Waals surface area contributed by atoms with E-state index in [4.69, 9.17) is 0 Å². The lowest BCUT2D eigenvalue weighted by atomic mass is 9.99. The largest absolute Gasteiger partial charge is 0.480 e. The Morgan fingerprint density at radius 1 is 0.714 bits per heavy atom. The fraction of sp³-hybridized carbons (Fsp3) is 0.917. The first kappa shape index (κ1) is 26.9. The van der Waals surface area contributed by atoms with Crippen molar-refractivity contribution in [3.05, 3.63) is 0 Å². The quantitative estimate of drug-likeness (QED) is 0.220. The molecule has 0 aliphatic rings. The minimum absolute atomic E-state index is 0.0393. The van der Waals surface area contributed by atoms with Crippen molar-refractivity contribution in [2.45, 2.75) is 136 Å². The predicted molar refractivity (Wildman–Crippen MR) is 119 cm³/mol. The maximum Gasteiger partial charge on any atom is 0.326 e. The molecule has 0 aliphatic heterocycles. The fourth-order valence-electron chi connectivity index (χ4n) is 3.59. The normalized spacial score (nSPS) is 13.2. The number of carboxylic acid groups (broad SMARTS) is 1. The van der Waals surface area contributed by atoms with Gasteiger partial charge in [-0.3, -0.25) is 4.79 Å². The Labute approximate surface area is 174 Å². The number of carboxylic acids is 1. The number of rotatable bonds is 20. The van der Waals surface area contributed by atoms with Gasteiger partial charge in [0.2, 0.25) is 5.91 Å². The molecule has 0 aromatic rings. The van der Waals surface area contributed by atoms with Crippen LogP contribution in [0.25, 0.3) is 0 Å². The molecule has 0 aromatic heterocycles. The van der Waals surface area contributed by atoms with E-state index in [0.29, 0.717) is 6.42 Å². The number of carbonyl (C=O) groups is 2. The molecule has 0 bridgehead atoms. The number of amides is 1. The highest BCUT2D eigenvalue weighted by Crippen LogP contribution is 2.14. The van der Waals surface area contributed by atoms with E-state index in [2.05, 4.69) is 12.2 Å². The van der Waals surface area contributed by atoms with Crippen molar-refractivity contribution >= 4 is 11.9 Å². The van der Waals surface area contributed by atoms with Crippen LogP contribution in [-0.2, 0) is 9.59 Å². The molecule has 0 rings (SSSR count). The first-order chi connectivity index (χ1) is 13.5. The molecule has 28 heavy (non-hydrogen) atoms. The molecule has 0 aromatic carbocycles. The van der Waals surface area contributed by atoms with Crippen molar-refractivity contribution in [2.24, 2.45) is 5.92 Å². The zero-order valence-electron chi connectivity index (χ0n) is 18.9. The molecule has 0 fully saturated rings. The Morgan fingerprint density at radius 2 is 1.11 bits per heavy atom. The Bertz CT molecular complexity index is 384. The van der Waals surface area contributed by atoms with Gasteiger partial charge in [-0.2, -0.15) is 0 Å². The Hall–Kier alpha value is -1.06. The summed E-state index contributed by atoms with van der Waals surface area (Å²) in [4.78, 5) is 23.2. The number of aliphatic carboxylic acids is 1. The molecule has 0 spiro atoms. The summed E-state index contributed by atoms with van der Waals surface area (Å²) in [5.74, 6) is -1.09. The highest BCUT2D eigenvalue weighted by Gasteiger charge is 2.24. The zero-order valence-corrected chi connectivity index (χ0v) is 18.9. The van der Waals surface area contributed by atoms with Crippen molar-refractivity contribution in [1.82, 2.24) is 5.32 Å². The van der Waals surface area contributed by atoms with Gasteiger partial charge >= 0.3 is 5.97 Å². The second kappa shape index (κ2) is 19.3. The van der Waals surface area contributed by atoms with Crippen molar-refractivity contribution in [3.8, 4) is 0 Å². The maximum atomic E-state index is 11.9. The first-order valence-corrected chi connectivity index (χ1v) is 12.0. The van der Waals surface area contributed by atoms with Crippen LogP contribution >= 0.6 is 0 Å². The number of hydrogen-bond acceptors (Lipinski definition) is 2. The fourth-order valence-corrected chi connectivity index (χ4v) is 3.59. The first-order valence-electron chi connectivity index (χ1n) is 12.0. The number of hydrogen-bond donors (Lipinski definition) is 2. The third-order valence-electron chi connectivity index (χ3n) is 5.80. The predicted octanol–water partition coefficient (Wildman–Crippen LogP) is 6.86. The Morgan fingerprint density at radius 3 is 1.46 bits per heavy atom. The smallest absolute Gasteiger partial charge is 0.326 e. The third kappa shape index (κ3) is 15.9. The monoisotopic (exact) mass is 397 g/mol. The molecule has 0 aliphatic carbocycles. The molecule has 166 valence electrons. The SMILES string of the molecule is CCCCCCCCCCCCCCCCCC(=O)N[C@@H](C(=O)O)[C@H](C)CC. The highest BCUT2D eigenvalue weighted by molar-refractivity contribution is 5.83. The van der Waals surface area contributed by atoms with Gasteiger partial charge in [-0.25, -0.2) is 4.79 Å². The summed E-state index contributed by atoms with van der Waals surface area (Å²) in [5.41, 5.74) is 0. The zero-order chi connectivity index (χ0) is 21.0. The topological polar surface area (TPSA) is 66.4 Å². The summed E-state index contributed by atoms with van der Waals surface area (Å²) in [6.07, 6.45) is 20.7. The lowest BCUT2D eigenvalue weighted by Crippen LogP contribution is -2.44. The summed E-state index contributed by atoms with van der Waals surface area (Å²) in [6.45, 7) is 6.08. The second-order valence-corrected chi connectivity index (χ2v) is 8.47. The molecule has 1 amide bonds. The van der Waals surface area contributed by atoms with Gasteiger partial charge in [-0.15, -0.1) is 0 Å². The molecule has 0 saturated carbocycles. The van der Waals surface area contributed by atoms with Crippen LogP contribution in [0.2, 0.25) is 0 Å². The van der Waals surface area contributed by atoms with Crippen molar-refractivity contribution in [1.29, 1.82) is 0 Å². The van der Waals surface area contributed by atoms with E-state index in [1.54, 1.807) is 0 Å². The van der Waals surface area contributed by atoms with E-state index < -0.39 is 12.0 Å². The highest BCUT2D eigenvalue weighted by atomic mass is 16.4. The van der Waals surface area contributed by atoms with Crippen LogP contribution in [-0.4, -0.2) is 23.0 Å². The molecule has 0 unspecified atom stereocenters. The lowest BCUT2D eigenvalue weighted by Gasteiger charge is -2.20. The molecule has 4 heteroatoms. The minimum atomic E-state index is -0.931. The minimum Gasteiger partial charge on any atom is -0.480 e. The van der Waals surface area contributed by atoms with E-state index in [9.17, 15) is 14.7 Å². The van der Waals surface area contributed by atoms with Crippen LogP contribution in [0.15, 0.2) is 0 Å². The number of unbranched alkanes of at least 4 members (excludes halogenated alkanes) is 14. The second-order valence-electron chi connectivity index (χ2n) is 8.47. The average Bonchev–Trinajstić information content (AvgIpc) is 2.68. The van der Waals surface area contributed by atoms with Gasteiger partial charge < -0.3 is 10.4 Å². The van der Waals surface area contributed by atoms with Crippen molar-refractivity contribution in [3.63, 3.8) is 0 Å². The van der Waals surface area contributed by atoms with Crippen molar-refractivity contribution < 1.29 is 14.7 Å². The molecule has 0 saturated heterocycles. The van der Waals surface area contributed by atoms with Gasteiger partial charge in [0.05, 0.1) is 0 Å². The van der Waals surface area contributed by atoms with Gasteiger partial charge in [-0.1, -0.05) is 117 Å². The third-order valence-corrected chi connectivity index (χ3v) is 5.80. The van der Waals surface area contributed by atoms with Crippen LogP contribution in [0.3, 0.4) is 0 Å². The molecule has 4 nitrogen and oxygen atoms in total. The molecular formula is C24H47NO3.